The number of methoxy groups -OCH3 is 1. The van der Waals surface area contributed by atoms with Gasteiger partial charge in [0.25, 0.3) is 11.8 Å². The minimum atomic E-state index is -0.707. The molecule has 172 valence electrons. The third-order valence-corrected chi connectivity index (χ3v) is 4.95. The van der Waals surface area contributed by atoms with Crippen LogP contribution in [0, 0.1) is 5.82 Å². The first-order chi connectivity index (χ1) is 15.7. The summed E-state index contributed by atoms with van der Waals surface area (Å²) in [6, 6.07) is 7.99. The van der Waals surface area contributed by atoms with Gasteiger partial charge in [0.05, 0.1) is 24.4 Å². The average molecular weight is 493 g/mol. The van der Waals surface area contributed by atoms with E-state index in [0.29, 0.717) is 5.56 Å². The van der Waals surface area contributed by atoms with Crippen LogP contribution in [0.4, 0.5) is 10.1 Å². The van der Waals surface area contributed by atoms with E-state index in [0.717, 1.165) is 4.90 Å². The van der Waals surface area contributed by atoms with Gasteiger partial charge in [0, 0.05) is 0 Å². The van der Waals surface area contributed by atoms with Crippen LogP contribution in [0.2, 0.25) is 5.02 Å². The van der Waals surface area contributed by atoms with Crippen LogP contribution in [0.15, 0.2) is 42.0 Å². The second-order valence-electron chi connectivity index (χ2n) is 6.56. The molecule has 0 aromatic heterocycles. The van der Waals surface area contributed by atoms with Crippen LogP contribution in [-0.4, -0.2) is 43.2 Å². The molecule has 2 aromatic rings. The van der Waals surface area contributed by atoms with Crippen molar-refractivity contribution < 1.29 is 33.0 Å². The maximum absolute atomic E-state index is 13.3. The number of carbonyl (C=O) groups excluding carboxylic acids is 3. The van der Waals surface area contributed by atoms with Crippen molar-refractivity contribution in [3.05, 3.63) is 58.4 Å². The Bertz CT molecular complexity index is 1150. The van der Waals surface area contributed by atoms with Gasteiger partial charge < -0.3 is 14.2 Å². The predicted molar refractivity (Wildman–Crippen MR) is 123 cm³/mol. The molecule has 0 bridgehead atoms. The molecule has 33 heavy (non-hydrogen) atoms. The molecule has 0 spiro atoms. The Morgan fingerprint density at radius 2 is 1.94 bits per heavy atom. The SMILES string of the molecule is CCOC(=O)COc1c(Cl)cc(/C=C2\C(=O)NC(=S)N(c3ccc(F)cc3)C2=O)cc1OC. The first-order valence-electron chi connectivity index (χ1n) is 9.58. The number of amides is 2. The second-order valence-corrected chi connectivity index (χ2v) is 7.36. The van der Waals surface area contributed by atoms with E-state index in [9.17, 15) is 18.8 Å². The summed E-state index contributed by atoms with van der Waals surface area (Å²) in [5, 5.41) is 2.39. The van der Waals surface area contributed by atoms with Crippen LogP contribution in [0.1, 0.15) is 12.5 Å². The quantitative estimate of drug-likeness (QED) is 0.274. The van der Waals surface area contributed by atoms with Gasteiger partial charge in [-0.3, -0.25) is 19.8 Å². The highest BCUT2D eigenvalue weighted by molar-refractivity contribution is 7.80. The Balaban J connectivity index is 1.93. The highest BCUT2D eigenvalue weighted by atomic mass is 35.5. The normalized spacial score (nSPS) is 14.8. The van der Waals surface area contributed by atoms with Gasteiger partial charge in [-0.2, -0.15) is 0 Å². The van der Waals surface area contributed by atoms with E-state index in [-0.39, 0.29) is 46.1 Å². The number of ether oxygens (including phenoxy) is 3. The number of hydrogen-bond donors (Lipinski definition) is 1. The summed E-state index contributed by atoms with van der Waals surface area (Å²) in [5.41, 5.74) is 0.410. The Morgan fingerprint density at radius 3 is 2.58 bits per heavy atom. The molecule has 11 heteroatoms. The van der Waals surface area contributed by atoms with Crippen LogP contribution < -0.4 is 19.7 Å². The summed E-state index contributed by atoms with van der Waals surface area (Å²) < 4.78 is 28.8. The Kier molecular flexibility index (Phi) is 7.62. The van der Waals surface area contributed by atoms with Crippen molar-refractivity contribution in [2.75, 3.05) is 25.2 Å². The van der Waals surface area contributed by atoms with E-state index in [1.165, 1.54) is 49.6 Å². The van der Waals surface area contributed by atoms with E-state index >= 15 is 0 Å². The van der Waals surface area contributed by atoms with E-state index in [4.69, 9.17) is 38.0 Å². The van der Waals surface area contributed by atoms with Crippen molar-refractivity contribution in [1.82, 2.24) is 5.32 Å². The lowest BCUT2D eigenvalue weighted by atomic mass is 10.1. The number of thiocarbonyl (C=S) groups is 1. The maximum atomic E-state index is 13.3. The molecule has 2 amide bonds. The molecule has 3 rings (SSSR count). The summed E-state index contributed by atoms with van der Waals surface area (Å²) >= 11 is 11.4. The largest absolute Gasteiger partial charge is 0.493 e. The number of benzene rings is 2. The molecular weight excluding hydrogens is 475 g/mol. The van der Waals surface area contributed by atoms with Gasteiger partial charge in [-0.15, -0.1) is 0 Å². The number of nitrogens with one attached hydrogen (secondary N) is 1. The zero-order valence-electron chi connectivity index (χ0n) is 17.5. The van der Waals surface area contributed by atoms with Crippen molar-refractivity contribution in [3.8, 4) is 11.5 Å². The molecule has 8 nitrogen and oxygen atoms in total. The fourth-order valence-electron chi connectivity index (χ4n) is 2.95. The summed E-state index contributed by atoms with van der Waals surface area (Å²) in [6.07, 6.45) is 1.31. The fourth-order valence-corrected chi connectivity index (χ4v) is 3.50. The summed E-state index contributed by atoms with van der Waals surface area (Å²) in [5.74, 6) is -2.20. The zero-order chi connectivity index (χ0) is 24.1. The first-order valence-corrected chi connectivity index (χ1v) is 10.4. The Hall–Kier alpha value is -3.50. The molecule has 1 heterocycles. The van der Waals surface area contributed by atoms with Crippen molar-refractivity contribution in [3.63, 3.8) is 0 Å². The van der Waals surface area contributed by atoms with Crippen molar-refractivity contribution in [1.29, 1.82) is 0 Å². The first kappa shape index (κ1) is 24.1. The van der Waals surface area contributed by atoms with Crippen molar-refractivity contribution >= 4 is 58.5 Å². The smallest absolute Gasteiger partial charge is 0.344 e. The number of nitrogens with zero attached hydrogens (tertiary/aromatic N) is 1. The lowest BCUT2D eigenvalue weighted by Crippen LogP contribution is -2.54. The van der Waals surface area contributed by atoms with Gasteiger partial charge >= 0.3 is 5.97 Å². The van der Waals surface area contributed by atoms with Gasteiger partial charge in [-0.25, -0.2) is 9.18 Å². The third kappa shape index (κ3) is 5.47. The van der Waals surface area contributed by atoms with Crippen LogP contribution in [0.3, 0.4) is 0 Å². The highest BCUT2D eigenvalue weighted by Crippen LogP contribution is 2.37. The standard InChI is InChI=1S/C22H18ClFN2O6S/c1-3-31-18(27)11-32-19-16(23)9-12(10-17(19)30-2)8-15-20(28)25-22(33)26(21(15)29)14-6-4-13(24)5-7-14/h4-10H,3,11H2,1-2H3,(H,25,28,33)/b15-8+. The molecule has 1 fully saturated rings. The molecule has 1 N–H and O–H groups in total. The number of hydrogen-bond acceptors (Lipinski definition) is 7. The minimum Gasteiger partial charge on any atom is -0.493 e. The monoisotopic (exact) mass is 492 g/mol. The van der Waals surface area contributed by atoms with Crippen LogP contribution >= 0.6 is 23.8 Å². The number of halogens is 2. The molecule has 1 aliphatic rings. The van der Waals surface area contributed by atoms with Crippen molar-refractivity contribution in [2.24, 2.45) is 0 Å². The number of esters is 1. The van der Waals surface area contributed by atoms with Gasteiger partial charge in [-0.1, -0.05) is 11.6 Å². The molecular formula is C22H18ClFN2O6S. The van der Waals surface area contributed by atoms with E-state index in [2.05, 4.69) is 5.32 Å². The number of rotatable bonds is 7. The second kappa shape index (κ2) is 10.4. The van der Waals surface area contributed by atoms with Gasteiger partial charge in [0.1, 0.15) is 11.4 Å². The minimum absolute atomic E-state index is 0.0834. The highest BCUT2D eigenvalue weighted by Gasteiger charge is 2.34. The predicted octanol–water partition coefficient (Wildman–Crippen LogP) is 3.26. The Labute approximate surface area is 198 Å². The Morgan fingerprint density at radius 1 is 1.24 bits per heavy atom. The number of carbonyl (C=O) groups is 3. The third-order valence-electron chi connectivity index (χ3n) is 4.39. The number of anilines is 1. The molecule has 0 unspecified atom stereocenters. The molecule has 0 atom stereocenters. The van der Waals surface area contributed by atoms with Crippen LogP contribution in [-0.2, 0) is 19.1 Å². The molecule has 0 radical (unpaired) electrons. The molecule has 0 saturated carbocycles. The van der Waals surface area contributed by atoms with Crippen LogP contribution in [0.25, 0.3) is 6.08 Å². The lowest BCUT2D eigenvalue weighted by Gasteiger charge is -2.28. The molecule has 1 saturated heterocycles. The molecule has 1 aliphatic heterocycles. The molecule has 2 aromatic carbocycles. The van der Waals surface area contributed by atoms with Gasteiger partial charge in [0.15, 0.2) is 23.2 Å². The van der Waals surface area contributed by atoms with E-state index in [1.54, 1.807) is 6.92 Å². The topological polar surface area (TPSA) is 94.2 Å². The van der Waals surface area contributed by atoms with Gasteiger partial charge in [0.2, 0.25) is 0 Å². The van der Waals surface area contributed by atoms with Gasteiger partial charge in [-0.05, 0) is 67.2 Å². The fraction of sp³-hybridized carbons (Fsp3) is 0.182. The summed E-state index contributed by atoms with van der Waals surface area (Å²) in [6.45, 7) is 1.49. The molecule has 0 aliphatic carbocycles. The summed E-state index contributed by atoms with van der Waals surface area (Å²) in [4.78, 5) is 38.2. The van der Waals surface area contributed by atoms with Crippen molar-refractivity contribution in [2.45, 2.75) is 6.92 Å². The van der Waals surface area contributed by atoms with E-state index in [1.807, 2.05) is 0 Å². The average Bonchev–Trinajstić information content (AvgIpc) is 2.77. The van der Waals surface area contributed by atoms with Crippen LogP contribution in [0.5, 0.6) is 11.5 Å². The zero-order valence-corrected chi connectivity index (χ0v) is 19.1. The van der Waals surface area contributed by atoms with E-state index < -0.39 is 23.6 Å². The maximum Gasteiger partial charge on any atom is 0.344 e. The lowest BCUT2D eigenvalue weighted by molar-refractivity contribution is -0.145. The summed E-state index contributed by atoms with van der Waals surface area (Å²) in [7, 11) is 1.37.